The molecule has 148 valence electrons. The van der Waals surface area contributed by atoms with E-state index in [0.717, 1.165) is 5.56 Å². The molecule has 0 aromatic heterocycles. The molecule has 5 nitrogen and oxygen atoms in total. The van der Waals surface area contributed by atoms with E-state index in [2.05, 4.69) is 5.32 Å². The summed E-state index contributed by atoms with van der Waals surface area (Å²) in [5.74, 6) is -0.454. The van der Waals surface area contributed by atoms with Gasteiger partial charge in [-0.3, -0.25) is 9.59 Å². The molecule has 2 amide bonds. The highest BCUT2D eigenvalue weighted by atomic mass is 19.1. The Morgan fingerprint density at radius 2 is 1.93 bits per heavy atom. The number of rotatable bonds is 6. The number of hydrogen-bond acceptors (Lipinski definition) is 3. The summed E-state index contributed by atoms with van der Waals surface area (Å²) in [7, 11) is 1.58. The van der Waals surface area contributed by atoms with E-state index in [1.807, 2.05) is 31.2 Å². The third-order valence-electron chi connectivity index (χ3n) is 5.25. The van der Waals surface area contributed by atoms with Gasteiger partial charge in [0, 0.05) is 30.6 Å². The number of piperidine rings is 1. The molecule has 1 aliphatic heterocycles. The Kier molecular flexibility index (Phi) is 6.29. The van der Waals surface area contributed by atoms with Crippen LogP contribution in [0.4, 0.5) is 4.39 Å². The number of methoxy groups -OCH3 is 1. The van der Waals surface area contributed by atoms with Crippen molar-refractivity contribution in [2.24, 2.45) is 5.92 Å². The first-order valence-corrected chi connectivity index (χ1v) is 9.50. The lowest BCUT2D eigenvalue weighted by Crippen LogP contribution is -2.48. The van der Waals surface area contributed by atoms with Gasteiger partial charge in [0.15, 0.2) is 0 Å². The highest BCUT2D eigenvalue weighted by Crippen LogP contribution is 2.38. The molecule has 0 radical (unpaired) electrons. The molecule has 0 saturated carbocycles. The third kappa shape index (κ3) is 4.01. The van der Waals surface area contributed by atoms with Gasteiger partial charge in [0.1, 0.15) is 11.6 Å². The number of para-hydroxylation sites is 1. The first-order chi connectivity index (χ1) is 13.6. The Morgan fingerprint density at radius 3 is 2.64 bits per heavy atom. The minimum Gasteiger partial charge on any atom is -0.496 e. The van der Waals surface area contributed by atoms with Crippen molar-refractivity contribution in [2.75, 3.05) is 13.7 Å². The van der Waals surface area contributed by atoms with Crippen molar-refractivity contribution in [3.05, 3.63) is 65.5 Å². The predicted molar refractivity (Wildman–Crippen MR) is 104 cm³/mol. The van der Waals surface area contributed by atoms with Crippen molar-refractivity contribution < 1.29 is 18.7 Å². The zero-order valence-electron chi connectivity index (χ0n) is 16.2. The zero-order valence-corrected chi connectivity index (χ0v) is 16.2. The molecule has 1 fully saturated rings. The van der Waals surface area contributed by atoms with Gasteiger partial charge < -0.3 is 15.0 Å². The maximum Gasteiger partial charge on any atom is 0.225 e. The van der Waals surface area contributed by atoms with Gasteiger partial charge in [-0.1, -0.05) is 36.4 Å². The number of nitrogens with zero attached hydrogens (tertiary/aromatic N) is 1. The molecule has 1 saturated heterocycles. The number of amides is 2. The van der Waals surface area contributed by atoms with E-state index in [1.165, 1.54) is 6.07 Å². The maximum atomic E-state index is 14.5. The van der Waals surface area contributed by atoms with Crippen LogP contribution in [0.3, 0.4) is 0 Å². The summed E-state index contributed by atoms with van der Waals surface area (Å²) in [5, 5.41) is 2.94. The molecule has 1 aliphatic rings. The van der Waals surface area contributed by atoms with Crippen molar-refractivity contribution in [1.29, 1.82) is 0 Å². The molecule has 0 bridgehead atoms. The van der Waals surface area contributed by atoms with Gasteiger partial charge in [0.05, 0.1) is 19.1 Å². The van der Waals surface area contributed by atoms with E-state index < -0.39 is 17.8 Å². The van der Waals surface area contributed by atoms with Crippen LogP contribution < -0.4 is 10.1 Å². The number of likely N-dealkylation sites (tertiary alicyclic amines) is 1. The first kappa shape index (κ1) is 19.9. The van der Waals surface area contributed by atoms with Gasteiger partial charge in [-0.25, -0.2) is 4.39 Å². The molecule has 0 spiro atoms. The number of halogens is 1. The lowest BCUT2D eigenvalue weighted by Gasteiger charge is -2.40. The second kappa shape index (κ2) is 8.87. The standard InChI is InChI=1S/C22H25FN2O3/c1-3-25-20(26)13-12-17(21(25)16-9-5-6-10-18(16)23)22(27)24-14-15-8-4-7-11-19(15)28-2/h4-11,17,21H,3,12-14H2,1-2H3,(H,24,27)/t17-,21+/m1/s1. The molecule has 2 atom stereocenters. The number of hydrogen-bond donors (Lipinski definition) is 1. The second-order valence-corrected chi connectivity index (χ2v) is 6.82. The molecule has 0 unspecified atom stereocenters. The van der Waals surface area contributed by atoms with Crippen LogP contribution in [-0.2, 0) is 16.1 Å². The summed E-state index contributed by atoms with van der Waals surface area (Å²) in [4.78, 5) is 27.0. The van der Waals surface area contributed by atoms with Crippen molar-refractivity contribution >= 4 is 11.8 Å². The highest BCUT2D eigenvalue weighted by molar-refractivity contribution is 5.85. The van der Waals surface area contributed by atoms with Crippen LogP contribution in [0, 0.1) is 11.7 Å². The largest absolute Gasteiger partial charge is 0.496 e. The number of ether oxygens (including phenoxy) is 1. The molecule has 2 aromatic rings. The van der Waals surface area contributed by atoms with Crippen LogP contribution in [0.1, 0.15) is 36.9 Å². The molecule has 1 N–H and O–H groups in total. The summed E-state index contributed by atoms with van der Waals surface area (Å²) in [6.07, 6.45) is 0.678. The molecule has 28 heavy (non-hydrogen) atoms. The van der Waals surface area contributed by atoms with Crippen LogP contribution in [0.5, 0.6) is 5.75 Å². The normalized spacial score (nSPS) is 19.4. The molecule has 3 rings (SSSR count). The van der Waals surface area contributed by atoms with E-state index in [0.29, 0.717) is 30.8 Å². The average molecular weight is 384 g/mol. The van der Waals surface area contributed by atoms with Gasteiger partial charge in [0.2, 0.25) is 11.8 Å². The second-order valence-electron chi connectivity index (χ2n) is 6.82. The monoisotopic (exact) mass is 384 g/mol. The fourth-order valence-electron chi connectivity index (χ4n) is 3.86. The van der Waals surface area contributed by atoms with E-state index in [4.69, 9.17) is 4.74 Å². The number of carbonyl (C=O) groups excluding carboxylic acids is 2. The summed E-state index contributed by atoms with van der Waals surface area (Å²) >= 11 is 0. The first-order valence-electron chi connectivity index (χ1n) is 9.50. The zero-order chi connectivity index (χ0) is 20.1. The Morgan fingerprint density at radius 1 is 1.21 bits per heavy atom. The molecule has 1 heterocycles. The minimum absolute atomic E-state index is 0.0514. The Hall–Kier alpha value is -2.89. The van der Waals surface area contributed by atoms with E-state index in [9.17, 15) is 14.0 Å². The average Bonchev–Trinajstić information content (AvgIpc) is 2.72. The van der Waals surface area contributed by atoms with Crippen molar-refractivity contribution in [1.82, 2.24) is 10.2 Å². The lowest BCUT2D eigenvalue weighted by atomic mass is 9.83. The number of nitrogens with one attached hydrogen (secondary N) is 1. The highest BCUT2D eigenvalue weighted by Gasteiger charge is 2.40. The Bertz CT molecular complexity index is 855. The van der Waals surface area contributed by atoms with E-state index >= 15 is 0 Å². The van der Waals surface area contributed by atoms with Crippen LogP contribution in [0.15, 0.2) is 48.5 Å². The fourth-order valence-corrected chi connectivity index (χ4v) is 3.86. The van der Waals surface area contributed by atoms with Crippen molar-refractivity contribution in [3.63, 3.8) is 0 Å². The van der Waals surface area contributed by atoms with Crippen LogP contribution in [0.25, 0.3) is 0 Å². The quantitative estimate of drug-likeness (QED) is 0.830. The van der Waals surface area contributed by atoms with Gasteiger partial charge in [0.25, 0.3) is 0 Å². The van der Waals surface area contributed by atoms with Crippen LogP contribution in [0.2, 0.25) is 0 Å². The number of carbonyl (C=O) groups is 2. The van der Waals surface area contributed by atoms with E-state index in [-0.39, 0.29) is 18.2 Å². The summed E-state index contributed by atoms with van der Waals surface area (Å²) in [5.41, 5.74) is 1.25. The smallest absolute Gasteiger partial charge is 0.225 e. The SMILES string of the molecule is CCN1C(=O)CC[C@@H](C(=O)NCc2ccccc2OC)[C@@H]1c1ccccc1F. The molecule has 2 aromatic carbocycles. The van der Waals surface area contributed by atoms with Gasteiger partial charge in [-0.05, 0) is 25.5 Å². The third-order valence-corrected chi connectivity index (χ3v) is 5.25. The van der Waals surface area contributed by atoms with Crippen LogP contribution >= 0.6 is 0 Å². The van der Waals surface area contributed by atoms with Crippen molar-refractivity contribution in [3.8, 4) is 5.75 Å². The summed E-state index contributed by atoms with van der Waals surface area (Å²) < 4.78 is 19.8. The predicted octanol–water partition coefficient (Wildman–Crippen LogP) is 3.45. The molecular formula is C22H25FN2O3. The van der Waals surface area contributed by atoms with Gasteiger partial charge in [-0.2, -0.15) is 0 Å². The maximum absolute atomic E-state index is 14.5. The summed E-state index contributed by atoms with van der Waals surface area (Å²) in [6, 6.07) is 13.2. The Balaban J connectivity index is 1.84. The van der Waals surface area contributed by atoms with Crippen molar-refractivity contribution in [2.45, 2.75) is 32.4 Å². The number of benzene rings is 2. The van der Waals surface area contributed by atoms with Gasteiger partial charge in [-0.15, -0.1) is 0 Å². The molecular weight excluding hydrogens is 359 g/mol. The minimum atomic E-state index is -0.606. The lowest BCUT2D eigenvalue weighted by molar-refractivity contribution is -0.143. The Labute approximate surface area is 164 Å². The molecule has 6 heteroatoms. The molecule has 0 aliphatic carbocycles. The van der Waals surface area contributed by atoms with Crippen LogP contribution in [-0.4, -0.2) is 30.4 Å². The van der Waals surface area contributed by atoms with Gasteiger partial charge >= 0.3 is 0 Å². The topological polar surface area (TPSA) is 58.6 Å². The fraction of sp³-hybridized carbons (Fsp3) is 0.364. The van der Waals surface area contributed by atoms with E-state index in [1.54, 1.807) is 30.2 Å². The summed E-state index contributed by atoms with van der Waals surface area (Å²) in [6.45, 7) is 2.58.